The minimum Gasteiger partial charge on any atom is -0.491 e. The van der Waals surface area contributed by atoms with Crippen LogP contribution in [0.5, 0.6) is 5.75 Å². The standard InChI is InChI=1S/C22H30N2O6/c1-3-15-9-11-22(12-10-15)20(27)24(21(28)23-22)13-17(25)14-30-18-7-5-16(6-8-18)19(26)29-4-2/h5-8,15,17,25H,3-4,9-14H2,1-2H3,(H,23,28). The summed E-state index contributed by atoms with van der Waals surface area (Å²) in [5, 5.41) is 13.2. The minimum atomic E-state index is -1.02. The van der Waals surface area contributed by atoms with Crippen LogP contribution in [0.3, 0.4) is 0 Å². The van der Waals surface area contributed by atoms with Crippen molar-refractivity contribution in [1.29, 1.82) is 0 Å². The number of rotatable bonds is 8. The lowest BCUT2D eigenvalue weighted by Crippen LogP contribution is -2.50. The number of hydrogen-bond acceptors (Lipinski definition) is 6. The number of aliphatic hydroxyl groups is 1. The number of amides is 3. The second-order valence-corrected chi connectivity index (χ2v) is 7.99. The van der Waals surface area contributed by atoms with Crippen LogP contribution in [0.2, 0.25) is 0 Å². The SMILES string of the molecule is CCOC(=O)c1ccc(OCC(O)CN2C(=O)NC3(CCC(CC)CC3)C2=O)cc1. The maximum atomic E-state index is 12.9. The summed E-state index contributed by atoms with van der Waals surface area (Å²) in [5.41, 5.74) is -0.404. The molecule has 8 nitrogen and oxygen atoms in total. The Balaban J connectivity index is 1.51. The van der Waals surface area contributed by atoms with Gasteiger partial charge in [0, 0.05) is 0 Å². The highest BCUT2D eigenvalue weighted by Crippen LogP contribution is 2.37. The molecular weight excluding hydrogens is 388 g/mol. The van der Waals surface area contributed by atoms with Crippen molar-refractivity contribution in [1.82, 2.24) is 10.2 Å². The molecule has 1 spiro atoms. The molecule has 1 aliphatic heterocycles. The monoisotopic (exact) mass is 418 g/mol. The lowest BCUT2D eigenvalue weighted by atomic mass is 9.75. The molecule has 2 N–H and O–H groups in total. The molecule has 8 heteroatoms. The summed E-state index contributed by atoms with van der Waals surface area (Å²) >= 11 is 0. The minimum absolute atomic E-state index is 0.0826. The average Bonchev–Trinajstić information content (AvgIpc) is 2.97. The number of aliphatic hydroxyl groups excluding tert-OH is 1. The number of β-amino-alcohol motifs (C(OH)–C–C–N with tert-alkyl or cyclic N) is 1. The number of ether oxygens (including phenoxy) is 2. The average molecular weight is 418 g/mol. The fourth-order valence-electron chi connectivity index (χ4n) is 4.12. The van der Waals surface area contributed by atoms with Crippen molar-refractivity contribution in [2.75, 3.05) is 19.8 Å². The highest BCUT2D eigenvalue weighted by Gasteiger charge is 2.52. The zero-order valence-electron chi connectivity index (χ0n) is 17.6. The van der Waals surface area contributed by atoms with Crippen molar-refractivity contribution in [2.45, 2.75) is 57.6 Å². The zero-order valence-corrected chi connectivity index (χ0v) is 17.6. The highest BCUT2D eigenvalue weighted by molar-refractivity contribution is 6.07. The summed E-state index contributed by atoms with van der Waals surface area (Å²) in [6, 6.07) is 5.91. The van der Waals surface area contributed by atoms with Gasteiger partial charge in [-0.05, 0) is 62.8 Å². The fraction of sp³-hybridized carbons (Fsp3) is 0.591. The zero-order chi connectivity index (χ0) is 21.7. The Kier molecular flexibility index (Phi) is 6.97. The third-order valence-electron chi connectivity index (χ3n) is 5.98. The molecule has 2 fully saturated rings. The van der Waals surface area contributed by atoms with Crippen LogP contribution in [0.1, 0.15) is 56.3 Å². The van der Waals surface area contributed by atoms with Crippen LogP contribution in [0, 0.1) is 5.92 Å². The van der Waals surface area contributed by atoms with E-state index >= 15 is 0 Å². The van der Waals surface area contributed by atoms with Crippen molar-refractivity contribution in [3.05, 3.63) is 29.8 Å². The number of urea groups is 1. The molecule has 3 rings (SSSR count). The van der Waals surface area contributed by atoms with Gasteiger partial charge in [-0.3, -0.25) is 9.69 Å². The Labute approximate surface area is 176 Å². The first kappa shape index (κ1) is 22.1. The van der Waals surface area contributed by atoms with Gasteiger partial charge in [-0.1, -0.05) is 13.3 Å². The maximum Gasteiger partial charge on any atom is 0.338 e. The largest absolute Gasteiger partial charge is 0.491 e. The molecule has 0 radical (unpaired) electrons. The lowest BCUT2D eigenvalue weighted by Gasteiger charge is -2.34. The van der Waals surface area contributed by atoms with Gasteiger partial charge in [0.05, 0.1) is 18.7 Å². The number of nitrogens with zero attached hydrogens (tertiary/aromatic N) is 1. The summed E-state index contributed by atoms with van der Waals surface area (Å²) in [6.07, 6.45) is 3.19. The second-order valence-electron chi connectivity index (χ2n) is 7.99. The van der Waals surface area contributed by atoms with E-state index in [9.17, 15) is 19.5 Å². The number of carbonyl (C=O) groups excluding carboxylic acids is 3. The molecule has 30 heavy (non-hydrogen) atoms. The molecule has 1 heterocycles. The van der Waals surface area contributed by atoms with Crippen molar-refractivity contribution in [3.8, 4) is 5.75 Å². The van der Waals surface area contributed by atoms with E-state index in [2.05, 4.69) is 12.2 Å². The van der Waals surface area contributed by atoms with E-state index in [1.54, 1.807) is 31.2 Å². The molecule has 2 aliphatic rings. The smallest absolute Gasteiger partial charge is 0.338 e. The van der Waals surface area contributed by atoms with Crippen molar-refractivity contribution in [2.24, 2.45) is 5.92 Å². The number of nitrogens with one attached hydrogen (secondary N) is 1. The molecule has 0 bridgehead atoms. The number of benzene rings is 1. The van der Waals surface area contributed by atoms with Gasteiger partial charge in [0.1, 0.15) is 24.0 Å². The van der Waals surface area contributed by atoms with E-state index in [1.165, 1.54) is 0 Å². The molecule has 1 unspecified atom stereocenters. The first-order valence-corrected chi connectivity index (χ1v) is 10.6. The molecule has 1 saturated carbocycles. The Hall–Kier alpha value is -2.61. The summed E-state index contributed by atoms with van der Waals surface area (Å²) < 4.78 is 10.5. The quantitative estimate of drug-likeness (QED) is 0.496. The second kappa shape index (κ2) is 9.47. The van der Waals surface area contributed by atoms with Gasteiger partial charge in [-0.2, -0.15) is 0 Å². The van der Waals surface area contributed by atoms with E-state index < -0.39 is 23.6 Å². The van der Waals surface area contributed by atoms with Crippen molar-refractivity contribution < 1.29 is 29.0 Å². The van der Waals surface area contributed by atoms with E-state index in [1.807, 2.05) is 0 Å². The van der Waals surface area contributed by atoms with Gasteiger partial charge in [0.2, 0.25) is 0 Å². The summed E-state index contributed by atoms with van der Waals surface area (Å²) in [4.78, 5) is 38.0. The topological polar surface area (TPSA) is 105 Å². The maximum absolute atomic E-state index is 12.9. The van der Waals surface area contributed by atoms with E-state index in [-0.39, 0.29) is 19.1 Å². The fourth-order valence-corrected chi connectivity index (χ4v) is 4.12. The van der Waals surface area contributed by atoms with Gasteiger partial charge >= 0.3 is 12.0 Å². The highest BCUT2D eigenvalue weighted by atomic mass is 16.5. The Morgan fingerprint density at radius 2 is 1.90 bits per heavy atom. The van der Waals surface area contributed by atoms with Crippen LogP contribution in [0.4, 0.5) is 4.79 Å². The normalized spacial score (nSPS) is 24.6. The molecule has 1 aromatic carbocycles. The summed E-state index contributed by atoms with van der Waals surface area (Å²) in [5.74, 6) is 0.404. The van der Waals surface area contributed by atoms with E-state index in [0.717, 1.165) is 24.2 Å². The van der Waals surface area contributed by atoms with Gasteiger partial charge in [0.15, 0.2) is 0 Å². The summed E-state index contributed by atoms with van der Waals surface area (Å²) in [6.45, 7) is 3.97. The molecule has 1 aromatic rings. The third-order valence-corrected chi connectivity index (χ3v) is 5.98. The number of imide groups is 1. The Morgan fingerprint density at radius 3 is 2.50 bits per heavy atom. The van der Waals surface area contributed by atoms with E-state index in [4.69, 9.17) is 9.47 Å². The van der Waals surface area contributed by atoms with Crippen LogP contribution in [0.15, 0.2) is 24.3 Å². The Bertz CT molecular complexity index is 770. The van der Waals surface area contributed by atoms with Crippen LogP contribution in [-0.4, -0.2) is 59.3 Å². The van der Waals surface area contributed by atoms with Gasteiger partial charge in [-0.25, -0.2) is 9.59 Å². The molecule has 164 valence electrons. The van der Waals surface area contributed by atoms with Gasteiger partial charge < -0.3 is 19.9 Å². The van der Waals surface area contributed by atoms with Crippen LogP contribution in [0.25, 0.3) is 0 Å². The molecule has 3 amide bonds. The van der Waals surface area contributed by atoms with Crippen LogP contribution >= 0.6 is 0 Å². The van der Waals surface area contributed by atoms with Gasteiger partial charge in [-0.15, -0.1) is 0 Å². The molecule has 1 aliphatic carbocycles. The van der Waals surface area contributed by atoms with E-state index in [0.29, 0.717) is 36.7 Å². The third kappa shape index (κ3) is 4.75. The number of carbonyl (C=O) groups is 3. The predicted molar refractivity (Wildman–Crippen MR) is 109 cm³/mol. The molecule has 1 atom stereocenters. The number of hydrogen-bond donors (Lipinski definition) is 2. The predicted octanol–water partition coefficient (Wildman–Crippen LogP) is 2.49. The van der Waals surface area contributed by atoms with Crippen LogP contribution in [-0.2, 0) is 9.53 Å². The van der Waals surface area contributed by atoms with Crippen molar-refractivity contribution in [3.63, 3.8) is 0 Å². The molecular formula is C22H30N2O6. The molecule has 0 aromatic heterocycles. The lowest BCUT2D eigenvalue weighted by molar-refractivity contribution is -0.133. The summed E-state index contributed by atoms with van der Waals surface area (Å²) in [7, 11) is 0. The first-order valence-electron chi connectivity index (χ1n) is 10.6. The van der Waals surface area contributed by atoms with Gasteiger partial charge in [0.25, 0.3) is 5.91 Å². The molecule has 1 saturated heterocycles. The van der Waals surface area contributed by atoms with Crippen LogP contribution < -0.4 is 10.1 Å². The van der Waals surface area contributed by atoms with Crippen molar-refractivity contribution >= 4 is 17.9 Å². The first-order chi connectivity index (χ1) is 14.4. The Morgan fingerprint density at radius 1 is 1.23 bits per heavy atom. The number of esters is 1.